The monoisotopic (exact) mass is 342 g/mol. The Kier molecular flexibility index (Phi) is 6.17. The molecule has 1 aliphatic heterocycles. The molecule has 1 aliphatic rings. The molecule has 2 rings (SSSR count). The first kappa shape index (κ1) is 17.9. The molecule has 130 valence electrons. The number of piperidine rings is 1. The van der Waals surface area contributed by atoms with Crippen molar-refractivity contribution < 1.29 is 13.2 Å². The lowest BCUT2D eigenvalue weighted by molar-refractivity contribution is 0.0933. The van der Waals surface area contributed by atoms with Crippen LogP contribution in [0.25, 0.3) is 0 Å². The van der Waals surface area contributed by atoms with Gasteiger partial charge < -0.3 is 9.88 Å². The maximum Gasteiger partial charge on any atom is 0.269 e. The topological polar surface area (TPSA) is 84.3 Å². The molecule has 0 radical (unpaired) electrons. The molecule has 8 heteroatoms. The Morgan fingerprint density at radius 2 is 2.09 bits per heavy atom. The highest BCUT2D eigenvalue weighted by Crippen LogP contribution is 2.20. The van der Waals surface area contributed by atoms with E-state index in [-0.39, 0.29) is 11.7 Å². The summed E-state index contributed by atoms with van der Waals surface area (Å²) in [7, 11) is -1.33. The smallest absolute Gasteiger partial charge is 0.269 e. The minimum Gasteiger partial charge on any atom is -0.350 e. The van der Waals surface area contributed by atoms with E-state index in [9.17, 15) is 13.2 Å². The van der Waals surface area contributed by atoms with E-state index in [4.69, 9.17) is 0 Å². The summed E-state index contributed by atoms with van der Waals surface area (Å²) in [6, 6.07) is 0. The van der Waals surface area contributed by atoms with Crippen molar-refractivity contribution in [1.29, 1.82) is 0 Å². The largest absolute Gasteiger partial charge is 0.350 e. The molecular weight excluding hydrogens is 316 g/mol. The molecule has 1 fully saturated rings. The van der Waals surface area contributed by atoms with E-state index < -0.39 is 10.0 Å². The van der Waals surface area contributed by atoms with Crippen LogP contribution in [0.4, 0.5) is 0 Å². The predicted octanol–water partition coefficient (Wildman–Crippen LogP) is 0.992. The van der Waals surface area contributed by atoms with Crippen LogP contribution >= 0.6 is 0 Å². The highest BCUT2D eigenvalue weighted by atomic mass is 32.2. The van der Waals surface area contributed by atoms with Gasteiger partial charge >= 0.3 is 0 Å². The molecule has 0 aromatic carbocycles. The fourth-order valence-electron chi connectivity index (χ4n) is 2.75. The standard InChI is InChI=1S/C15H26N4O3S/c1-3-4-9-23(21,22)19-7-5-13(6-8-19)10-17-15(20)14-11-16-12-18(14)2/h11-13H,3-10H2,1-2H3,(H,17,20). The van der Waals surface area contributed by atoms with Crippen molar-refractivity contribution in [2.75, 3.05) is 25.4 Å². The van der Waals surface area contributed by atoms with E-state index in [2.05, 4.69) is 10.3 Å². The summed E-state index contributed by atoms with van der Waals surface area (Å²) in [5.41, 5.74) is 0.532. The van der Waals surface area contributed by atoms with Crippen LogP contribution in [-0.2, 0) is 17.1 Å². The summed E-state index contributed by atoms with van der Waals surface area (Å²) in [6.07, 6.45) is 6.31. The maximum atomic E-state index is 12.2. The van der Waals surface area contributed by atoms with E-state index >= 15 is 0 Å². The molecule has 0 spiro atoms. The maximum absolute atomic E-state index is 12.2. The summed E-state index contributed by atoms with van der Waals surface area (Å²) in [6.45, 7) is 3.68. The van der Waals surface area contributed by atoms with Crippen LogP contribution in [-0.4, -0.2) is 53.6 Å². The lowest BCUT2D eigenvalue weighted by Crippen LogP contribution is -2.42. The van der Waals surface area contributed by atoms with Crippen LogP contribution < -0.4 is 5.32 Å². The zero-order valence-corrected chi connectivity index (χ0v) is 14.7. The number of rotatable bonds is 7. The molecule has 0 unspecified atom stereocenters. The highest BCUT2D eigenvalue weighted by molar-refractivity contribution is 7.89. The lowest BCUT2D eigenvalue weighted by atomic mass is 9.98. The SMILES string of the molecule is CCCCS(=O)(=O)N1CCC(CNC(=O)c2cncn2C)CC1. The first-order valence-corrected chi connectivity index (χ1v) is 9.77. The Labute approximate surface area is 138 Å². The molecule has 0 aliphatic carbocycles. The summed E-state index contributed by atoms with van der Waals surface area (Å²) in [5, 5.41) is 2.92. The van der Waals surface area contributed by atoms with Gasteiger partial charge in [-0.3, -0.25) is 4.79 Å². The summed E-state index contributed by atoms with van der Waals surface area (Å²) in [5.74, 6) is 0.429. The van der Waals surface area contributed by atoms with Crippen LogP contribution in [0, 0.1) is 5.92 Å². The summed E-state index contributed by atoms with van der Waals surface area (Å²) < 4.78 is 27.6. The lowest BCUT2D eigenvalue weighted by Gasteiger charge is -2.31. The molecule has 1 aromatic rings. The quantitative estimate of drug-likeness (QED) is 0.801. The van der Waals surface area contributed by atoms with Crippen LogP contribution in [0.3, 0.4) is 0 Å². The Morgan fingerprint density at radius 1 is 1.39 bits per heavy atom. The van der Waals surface area contributed by atoms with Gasteiger partial charge in [0.1, 0.15) is 5.69 Å². The second-order valence-electron chi connectivity index (χ2n) is 6.11. The van der Waals surface area contributed by atoms with Crippen LogP contribution in [0.5, 0.6) is 0 Å². The number of unbranched alkanes of at least 4 members (excludes halogenated alkanes) is 1. The van der Waals surface area contributed by atoms with Crippen molar-refractivity contribution in [2.24, 2.45) is 13.0 Å². The van der Waals surface area contributed by atoms with Crippen LogP contribution in [0.1, 0.15) is 43.1 Å². The minimum atomic E-state index is -3.11. The fraction of sp³-hybridized carbons (Fsp3) is 0.733. The van der Waals surface area contributed by atoms with E-state index in [1.165, 1.54) is 6.20 Å². The molecule has 1 N–H and O–H groups in total. The minimum absolute atomic E-state index is 0.136. The van der Waals surface area contributed by atoms with Gasteiger partial charge in [-0.15, -0.1) is 0 Å². The van der Waals surface area contributed by atoms with Crippen molar-refractivity contribution >= 4 is 15.9 Å². The third kappa shape index (κ3) is 4.78. The second kappa shape index (κ2) is 7.92. The molecule has 7 nitrogen and oxygen atoms in total. The Hall–Kier alpha value is -1.41. The zero-order chi connectivity index (χ0) is 16.9. The van der Waals surface area contributed by atoms with Gasteiger partial charge in [0.05, 0.1) is 18.3 Å². The fourth-order valence-corrected chi connectivity index (χ4v) is 4.43. The number of aryl methyl sites for hydroxylation is 1. The summed E-state index contributed by atoms with van der Waals surface area (Å²) in [4.78, 5) is 16.0. The Morgan fingerprint density at radius 3 is 2.65 bits per heavy atom. The number of hydrogen-bond acceptors (Lipinski definition) is 4. The number of amides is 1. The third-order valence-corrected chi connectivity index (χ3v) is 6.28. The van der Waals surface area contributed by atoms with Gasteiger partial charge in [0.25, 0.3) is 5.91 Å². The van der Waals surface area contributed by atoms with E-state index in [1.807, 2.05) is 6.92 Å². The van der Waals surface area contributed by atoms with E-state index in [1.54, 1.807) is 22.2 Å². The molecule has 2 heterocycles. The van der Waals surface area contributed by atoms with Crippen molar-refractivity contribution in [2.45, 2.75) is 32.6 Å². The number of hydrogen-bond donors (Lipinski definition) is 1. The normalized spacial score (nSPS) is 17.3. The number of carbonyl (C=O) groups is 1. The Balaban J connectivity index is 1.77. The van der Waals surface area contributed by atoms with E-state index in [0.717, 1.165) is 19.3 Å². The van der Waals surface area contributed by atoms with Crippen LogP contribution in [0.15, 0.2) is 12.5 Å². The van der Waals surface area contributed by atoms with Crippen molar-refractivity contribution in [3.05, 3.63) is 18.2 Å². The molecular formula is C15H26N4O3S. The average Bonchev–Trinajstić information content (AvgIpc) is 2.97. The van der Waals surface area contributed by atoms with Gasteiger partial charge in [0.15, 0.2) is 0 Å². The number of nitrogens with zero attached hydrogens (tertiary/aromatic N) is 3. The predicted molar refractivity (Wildman–Crippen MR) is 88.5 cm³/mol. The Bertz CT molecular complexity index is 618. The number of sulfonamides is 1. The zero-order valence-electron chi connectivity index (χ0n) is 13.9. The van der Waals surface area contributed by atoms with Gasteiger partial charge in [-0.1, -0.05) is 13.3 Å². The molecule has 1 aromatic heterocycles. The van der Waals surface area contributed by atoms with Gasteiger partial charge in [0.2, 0.25) is 10.0 Å². The van der Waals surface area contributed by atoms with Gasteiger partial charge in [-0.2, -0.15) is 0 Å². The van der Waals surface area contributed by atoms with Crippen molar-refractivity contribution in [1.82, 2.24) is 19.2 Å². The van der Waals surface area contributed by atoms with E-state index in [0.29, 0.717) is 37.7 Å². The number of carbonyl (C=O) groups excluding carboxylic acids is 1. The van der Waals surface area contributed by atoms with Crippen molar-refractivity contribution in [3.63, 3.8) is 0 Å². The molecule has 0 bridgehead atoms. The molecule has 0 saturated carbocycles. The third-order valence-electron chi connectivity index (χ3n) is 4.32. The van der Waals surface area contributed by atoms with Gasteiger partial charge in [-0.25, -0.2) is 17.7 Å². The first-order chi connectivity index (χ1) is 10.9. The summed E-state index contributed by atoms with van der Waals surface area (Å²) >= 11 is 0. The number of imidazole rings is 1. The number of nitrogens with one attached hydrogen (secondary N) is 1. The molecule has 23 heavy (non-hydrogen) atoms. The van der Waals surface area contributed by atoms with Crippen LogP contribution in [0.2, 0.25) is 0 Å². The second-order valence-corrected chi connectivity index (χ2v) is 8.20. The first-order valence-electron chi connectivity index (χ1n) is 8.16. The molecule has 0 atom stereocenters. The molecule has 1 amide bonds. The molecule has 1 saturated heterocycles. The van der Waals surface area contributed by atoms with Gasteiger partial charge in [0, 0.05) is 26.7 Å². The number of aromatic nitrogens is 2. The highest BCUT2D eigenvalue weighted by Gasteiger charge is 2.27. The average molecular weight is 342 g/mol. The van der Waals surface area contributed by atoms with Crippen molar-refractivity contribution in [3.8, 4) is 0 Å². The van der Waals surface area contributed by atoms with Gasteiger partial charge in [-0.05, 0) is 25.2 Å².